The zero-order chi connectivity index (χ0) is 14.5. The Bertz CT molecular complexity index is 581. The minimum atomic E-state index is -0.798. The molecule has 1 unspecified atom stereocenters. The van der Waals surface area contributed by atoms with E-state index in [9.17, 15) is 8.78 Å². The van der Waals surface area contributed by atoms with Crippen LogP contribution in [0.1, 0.15) is 11.6 Å². The van der Waals surface area contributed by atoms with Gasteiger partial charge in [0.15, 0.2) is 0 Å². The third-order valence-electron chi connectivity index (χ3n) is 2.79. The van der Waals surface area contributed by atoms with Gasteiger partial charge in [0.25, 0.3) is 0 Å². The molecule has 2 aromatic carbocycles. The molecule has 20 heavy (non-hydrogen) atoms. The predicted molar refractivity (Wildman–Crippen MR) is 76.1 cm³/mol. The van der Waals surface area contributed by atoms with Gasteiger partial charge in [-0.1, -0.05) is 18.2 Å². The second kappa shape index (κ2) is 6.78. The molecule has 1 atom stereocenters. The van der Waals surface area contributed by atoms with E-state index in [1.807, 2.05) is 6.07 Å². The first-order chi connectivity index (χ1) is 9.63. The Kier molecular flexibility index (Phi) is 5.05. The summed E-state index contributed by atoms with van der Waals surface area (Å²) >= 11 is 3.02. The highest BCUT2D eigenvalue weighted by molar-refractivity contribution is 9.10. The van der Waals surface area contributed by atoms with E-state index in [4.69, 9.17) is 10.6 Å². The smallest absolute Gasteiger partial charge is 0.145 e. The zero-order valence-electron chi connectivity index (χ0n) is 10.4. The van der Waals surface area contributed by atoms with E-state index >= 15 is 0 Å². The van der Waals surface area contributed by atoms with E-state index in [1.54, 1.807) is 24.3 Å². The lowest BCUT2D eigenvalue weighted by Crippen LogP contribution is -2.33. The molecular weight excluding hydrogens is 330 g/mol. The summed E-state index contributed by atoms with van der Waals surface area (Å²) < 4.78 is 33.4. The number of halogens is 3. The lowest BCUT2D eigenvalue weighted by molar-refractivity contribution is 0.260. The van der Waals surface area contributed by atoms with Crippen molar-refractivity contribution >= 4 is 15.9 Å². The van der Waals surface area contributed by atoms with Gasteiger partial charge in [0.05, 0.1) is 10.5 Å². The maximum atomic E-state index is 14.0. The molecule has 6 heteroatoms. The average Bonchev–Trinajstić information content (AvgIpc) is 2.47. The molecule has 106 valence electrons. The van der Waals surface area contributed by atoms with Gasteiger partial charge in [-0.05, 0) is 40.2 Å². The number of ether oxygens (including phenoxy) is 1. The highest BCUT2D eigenvalue weighted by atomic mass is 79.9. The molecule has 0 saturated carbocycles. The van der Waals surface area contributed by atoms with E-state index in [-0.39, 0.29) is 16.6 Å². The fraction of sp³-hybridized carbons (Fsp3) is 0.143. The van der Waals surface area contributed by atoms with Crippen molar-refractivity contribution in [1.29, 1.82) is 0 Å². The van der Waals surface area contributed by atoms with Crippen molar-refractivity contribution in [2.75, 3.05) is 6.61 Å². The summed E-state index contributed by atoms with van der Waals surface area (Å²) in [5, 5.41) is 0. The van der Waals surface area contributed by atoms with Crippen LogP contribution in [0.3, 0.4) is 0 Å². The maximum Gasteiger partial charge on any atom is 0.145 e. The fourth-order valence-corrected chi connectivity index (χ4v) is 2.12. The lowest BCUT2D eigenvalue weighted by atomic mass is 10.1. The monoisotopic (exact) mass is 342 g/mol. The molecule has 2 rings (SSSR count). The zero-order valence-corrected chi connectivity index (χ0v) is 12.0. The van der Waals surface area contributed by atoms with Crippen molar-refractivity contribution in [2.24, 2.45) is 5.84 Å². The molecule has 0 aliphatic heterocycles. The molecule has 0 radical (unpaired) electrons. The van der Waals surface area contributed by atoms with E-state index in [1.165, 1.54) is 12.1 Å². The third kappa shape index (κ3) is 3.33. The Morgan fingerprint density at radius 3 is 2.50 bits per heavy atom. The van der Waals surface area contributed by atoms with E-state index < -0.39 is 17.7 Å². The first-order valence-corrected chi connectivity index (χ1v) is 6.70. The van der Waals surface area contributed by atoms with Crippen molar-refractivity contribution in [3.05, 3.63) is 64.1 Å². The minimum Gasteiger partial charge on any atom is -0.492 e. The second-order valence-corrected chi connectivity index (χ2v) is 4.95. The molecule has 0 fully saturated rings. The Hall–Kier alpha value is -1.50. The van der Waals surface area contributed by atoms with E-state index in [2.05, 4.69) is 21.4 Å². The van der Waals surface area contributed by atoms with E-state index in [0.717, 1.165) is 0 Å². The molecule has 2 aromatic rings. The standard InChI is InChI=1S/C14H13BrF2N2O/c15-10-6-7-11(16)13(14(10)17)12(19-18)8-20-9-4-2-1-3-5-9/h1-7,12,19H,8,18H2. The summed E-state index contributed by atoms with van der Waals surface area (Å²) in [6.07, 6.45) is 0. The van der Waals surface area contributed by atoms with Gasteiger partial charge >= 0.3 is 0 Å². The molecular formula is C14H13BrF2N2O. The number of hydrazine groups is 1. The molecule has 0 heterocycles. The second-order valence-electron chi connectivity index (χ2n) is 4.10. The van der Waals surface area contributed by atoms with Crippen LogP contribution in [0, 0.1) is 11.6 Å². The maximum absolute atomic E-state index is 14.0. The highest BCUT2D eigenvalue weighted by Gasteiger charge is 2.21. The highest BCUT2D eigenvalue weighted by Crippen LogP contribution is 2.27. The predicted octanol–water partition coefficient (Wildman–Crippen LogP) is 3.31. The summed E-state index contributed by atoms with van der Waals surface area (Å²) in [5.74, 6) is 4.61. The van der Waals surface area contributed by atoms with Crippen molar-refractivity contribution < 1.29 is 13.5 Å². The van der Waals surface area contributed by atoms with Gasteiger partial charge in [-0.3, -0.25) is 5.84 Å². The quantitative estimate of drug-likeness (QED) is 0.498. The summed E-state index contributed by atoms with van der Waals surface area (Å²) in [7, 11) is 0. The van der Waals surface area contributed by atoms with Gasteiger partial charge in [0, 0.05) is 5.56 Å². The Balaban J connectivity index is 2.19. The molecule has 0 aromatic heterocycles. The van der Waals surface area contributed by atoms with E-state index in [0.29, 0.717) is 5.75 Å². The van der Waals surface area contributed by atoms with Gasteiger partial charge in [-0.15, -0.1) is 0 Å². The van der Waals surface area contributed by atoms with Crippen LogP contribution >= 0.6 is 15.9 Å². The number of nitrogens with two attached hydrogens (primary N) is 1. The summed E-state index contributed by atoms with van der Waals surface area (Å²) in [6, 6.07) is 10.6. The minimum absolute atomic E-state index is 0.00477. The van der Waals surface area contributed by atoms with Crippen LogP contribution < -0.4 is 16.0 Å². The Morgan fingerprint density at radius 2 is 1.85 bits per heavy atom. The normalized spacial score (nSPS) is 12.2. The summed E-state index contributed by atoms with van der Waals surface area (Å²) in [6.45, 7) is 0.00477. The molecule has 0 bridgehead atoms. The number of nitrogens with one attached hydrogen (secondary N) is 1. The van der Waals surface area contributed by atoms with Crippen LogP contribution in [0.2, 0.25) is 0 Å². The first-order valence-electron chi connectivity index (χ1n) is 5.91. The van der Waals surface area contributed by atoms with Crippen LogP contribution in [-0.2, 0) is 0 Å². The van der Waals surface area contributed by atoms with Gasteiger partial charge in [0.1, 0.15) is 24.0 Å². The van der Waals surface area contributed by atoms with Crippen LogP contribution in [0.4, 0.5) is 8.78 Å². The van der Waals surface area contributed by atoms with Gasteiger partial charge in [-0.25, -0.2) is 14.2 Å². The topological polar surface area (TPSA) is 47.3 Å². The number of hydrogen-bond donors (Lipinski definition) is 2. The number of benzene rings is 2. The molecule has 0 aliphatic rings. The van der Waals surface area contributed by atoms with Crippen LogP contribution in [0.5, 0.6) is 5.75 Å². The third-order valence-corrected chi connectivity index (χ3v) is 3.40. The largest absolute Gasteiger partial charge is 0.492 e. The Labute approximate surface area is 123 Å². The molecule has 0 aliphatic carbocycles. The molecule has 3 N–H and O–H groups in total. The van der Waals surface area contributed by atoms with Crippen molar-refractivity contribution in [3.63, 3.8) is 0 Å². The summed E-state index contributed by atoms with van der Waals surface area (Å²) in [4.78, 5) is 0. The lowest BCUT2D eigenvalue weighted by Gasteiger charge is -2.19. The van der Waals surface area contributed by atoms with Crippen LogP contribution in [-0.4, -0.2) is 6.61 Å². The van der Waals surface area contributed by atoms with Gasteiger partial charge in [0.2, 0.25) is 0 Å². The van der Waals surface area contributed by atoms with Gasteiger partial charge in [-0.2, -0.15) is 0 Å². The van der Waals surface area contributed by atoms with Crippen molar-refractivity contribution in [3.8, 4) is 5.75 Å². The summed E-state index contributed by atoms with van der Waals surface area (Å²) in [5.41, 5.74) is 2.22. The fourth-order valence-electron chi connectivity index (χ4n) is 1.77. The number of rotatable bonds is 5. The number of para-hydroxylation sites is 1. The van der Waals surface area contributed by atoms with Crippen molar-refractivity contribution in [1.82, 2.24) is 5.43 Å². The van der Waals surface area contributed by atoms with Crippen LogP contribution in [0.25, 0.3) is 0 Å². The molecule has 0 amide bonds. The van der Waals surface area contributed by atoms with Crippen LogP contribution in [0.15, 0.2) is 46.9 Å². The van der Waals surface area contributed by atoms with Gasteiger partial charge < -0.3 is 4.74 Å². The average molecular weight is 343 g/mol. The van der Waals surface area contributed by atoms with Crippen molar-refractivity contribution in [2.45, 2.75) is 6.04 Å². The molecule has 0 saturated heterocycles. The Morgan fingerprint density at radius 1 is 1.15 bits per heavy atom. The first kappa shape index (κ1) is 14.9. The molecule has 0 spiro atoms. The molecule has 3 nitrogen and oxygen atoms in total. The number of hydrogen-bond acceptors (Lipinski definition) is 3. The SMILES string of the molecule is NNC(COc1ccccc1)c1c(F)ccc(Br)c1F.